The van der Waals surface area contributed by atoms with Crippen molar-refractivity contribution in [3.05, 3.63) is 63.9 Å². The lowest BCUT2D eigenvalue weighted by molar-refractivity contribution is -0.384. The molecule has 1 unspecified atom stereocenters. The molecule has 1 aliphatic heterocycles. The van der Waals surface area contributed by atoms with Crippen LogP contribution in [0.2, 0.25) is 0 Å². The minimum absolute atomic E-state index is 0.0129. The lowest BCUT2D eigenvalue weighted by atomic mass is 9.92. The molecule has 1 atom stereocenters. The molecule has 0 saturated carbocycles. The van der Waals surface area contributed by atoms with E-state index in [2.05, 4.69) is 6.58 Å². The number of carbonyl (C=O) groups is 2. The molecule has 0 spiro atoms. The second-order valence-electron chi connectivity index (χ2n) is 6.28. The fourth-order valence-corrected chi connectivity index (χ4v) is 2.90. The van der Waals surface area contributed by atoms with Crippen LogP contribution in [-0.2, 0) is 9.59 Å². The normalized spacial score (nSPS) is 17.3. The van der Waals surface area contributed by atoms with Crippen molar-refractivity contribution < 1.29 is 19.6 Å². The van der Waals surface area contributed by atoms with Gasteiger partial charge in [-0.3, -0.25) is 19.7 Å². The van der Waals surface area contributed by atoms with Gasteiger partial charge in [0.1, 0.15) is 0 Å². The van der Waals surface area contributed by atoms with Gasteiger partial charge in [-0.05, 0) is 11.5 Å². The number of aliphatic hydroxyl groups is 1. The Labute approximate surface area is 145 Å². The number of benzene rings is 1. The highest BCUT2D eigenvalue weighted by atomic mass is 16.6. The number of hydrogen-bond donors (Lipinski definition) is 1. The zero-order chi connectivity index (χ0) is 18.7. The number of rotatable bonds is 7. The van der Waals surface area contributed by atoms with Gasteiger partial charge in [-0.15, -0.1) is 6.58 Å². The molecule has 132 valence electrons. The molecule has 0 fully saturated rings. The third kappa shape index (κ3) is 3.60. The summed E-state index contributed by atoms with van der Waals surface area (Å²) in [5.41, 5.74) is 0.243. The van der Waals surface area contributed by atoms with E-state index in [0.717, 1.165) is 0 Å². The van der Waals surface area contributed by atoms with Crippen molar-refractivity contribution >= 4 is 17.4 Å². The fourth-order valence-electron chi connectivity index (χ4n) is 2.90. The van der Waals surface area contributed by atoms with Gasteiger partial charge in [0.15, 0.2) is 11.5 Å². The monoisotopic (exact) mass is 344 g/mol. The third-order valence-corrected chi connectivity index (χ3v) is 3.92. The van der Waals surface area contributed by atoms with Crippen LogP contribution in [0, 0.1) is 16.0 Å². The van der Waals surface area contributed by atoms with Gasteiger partial charge in [0, 0.05) is 25.1 Å². The van der Waals surface area contributed by atoms with Crippen molar-refractivity contribution in [2.45, 2.75) is 26.3 Å². The summed E-state index contributed by atoms with van der Waals surface area (Å²) in [6, 6.07) is 4.87. The van der Waals surface area contributed by atoms with Gasteiger partial charge >= 0.3 is 0 Å². The Balaban J connectivity index is 2.56. The summed E-state index contributed by atoms with van der Waals surface area (Å²) in [6.07, 6.45) is 1.64. The van der Waals surface area contributed by atoms with Crippen LogP contribution in [0.4, 0.5) is 5.69 Å². The third-order valence-electron chi connectivity index (χ3n) is 3.92. The smallest absolute Gasteiger partial charge is 0.290 e. The van der Waals surface area contributed by atoms with E-state index < -0.39 is 22.6 Å². The van der Waals surface area contributed by atoms with Gasteiger partial charge in [0.25, 0.3) is 11.6 Å². The Morgan fingerprint density at radius 1 is 1.48 bits per heavy atom. The van der Waals surface area contributed by atoms with Crippen LogP contribution in [-0.4, -0.2) is 33.2 Å². The summed E-state index contributed by atoms with van der Waals surface area (Å²) in [4.78, 5) is 36.8. The minimum Gasteiger partial charge on any atom is -0.503 e. The largest absolute Gasteiger partial charge is 0.503 e. The highest BCUT2D eigenvalue weighted by Gasteiger charge is 2.43. The van der Waals surface area contributed by atoms with Gasteiger partial charge in [-0.2, -0.15) is 0 Å². The highest BCUT2D eigenvalue weighted by molar-refractivity contribution is 6.09. The summed E-state index contributed by atoms with van der Waals surface area (Å²) in [5.74, 6) is -1.57. The van der Waals surface area contributed by atoms with E-state index >= 15 is 0 Å². The molecule has 0 saturated heterocycles. The van der Waals surface area contributed by atoms with E-state index in [-0.39, 0.29) is 35.9 Å². The molecule has 0 bridgehead atoms. The molecule has 1 aromatic rings. The summed E-state index contributed by atoms with van der Waals surface area (Å²) in [6.45, 7) is 7.41. The maximum atomic E-state index is 12.6. The van der Waals surface area contributed by atoms with Gasteiger partial charge in [0.05, 0.1) is 16.5 Å². The van der Waals surface area contributed by atoms with E-state index in [1.165, 1.54) is 29.2 Å². The van der Waals surface area contributed by atoms with E-state index in [1.54, 1.807) is 6.07 Å². The van der Waals surface area contributed by atoms with E-state index in [1.807, 2.05) is 13.8 Å². The topological polar surface area (TPSA) is 101 Å². The van der Waals surface area contributed by atoms with Crippen molar-refractivity contribution in [2.24, 2.45) is 5.92 Å². The first-order valence-electron chi connectivity index (χ1n) is 7.90. The van der Waals surface area contributed by atoms with E-state index in [4.69, 9.17) is 0 Å². The molecule has 2 rings (SSSR count). The molecule has 1 aromatic carbocycles. The molecule has 1 heterocycles. The molecule has 7 heteroatoms. The Morgan fingerprint density at radius 2 is 2.16 bits per heavy atom. The first kappa shape index (κ1) is 18.4. The second-order valence-corrected chi connectivity index (χ2v) is 6.28. The predicted molar refractivity (Wildman–Crippen MR) is 91.9 cm³/mol. The Morgan fingerprint density at radius 3 is 2.72 bits per heavy atom. The first-order chi connectivity index (χ1) is 11.8. The van der Waals surface area contributed by atoms with E-state index in [0.29, 0.717) is 5.56 Å². The number of nitrogens with zero attached hydrogens (tertiary/aromatic N) is 2. The summed E-state index contributed by atoms with van der Waals surface area (Å²) in [7, 11) is 0. The summed E-state index contributed by atoms with van der Waals surface area (Å²) in [5, 5.41) is 21.3. The van der Waals surface area contributed by atoms with Crippen molar-refractivity contribution in [1.29, 1.82) is 0 Å². The quantitative estimate of drug-likeness (QED) is 0.465. The van der Waals surface area contributed by atoms with Crippen molar-refractivity contribution in [3.63, 3.8) is 0 Å². The van der Waals surface area contributed by atoms with Crippen LogP contribution in [0.25, 0.3) is 0 Å². The zero-order valence-corrected chi connectivity index (χ0v) is 14.1. The molecule has 1 N–H and O–H groups in total. The van der Waals surface area contributed by atoms with Gasteiger partial charge in [-0.1, -0.05) is 32.1 Å². The molecule has 7 nitrogen and oxygen atoms in total. The van der Waals surface area contributed by atoms with Crippen molar-refractivity contribution in [3.8, 4) is 0 Å². The van der Waals surface area contributed by atoms with E-state index in [9.17, 15) is 24.8 Å². The average molecular weight is 344 g/mol. The number of Topliss-reactive ketones (excluding diaryl/α,β-unsaturated/α-hetero) is 1. The lowest BCUT2D eigenvalue weighted by Gasteiger charge is -2.25. The summed E-state index contributed by atoms with van der Waals surface area (Å²) < 4.78 is 0. The number of amides is 1. The molecule has 0 aromatic heterocycles. The fraction of sp³-hybridized carbons (Fsp3) is 0.333. The highest BCUT2D eigenvalue weighted by Crippen LogP contribution is 2.39. The zero-order valence-electron chi connectivity index (χ0n) is 14.1. The van der Waals surface area contributed by atoms with Crippen LogP contribution < -0.4 is 0 Å². The van der Waals surface area contributed by atoms with Crippen LogP contribution >= 0.6 is 0 Å². The van der Waals surface area contributed by atoms with Crippen LogP contribution in [0.1, 0.15) is 31.9 Å². The number of nitro benzene ring substituents is 1. The number of nitro groups is 1. The second kappa shape index (κ2) is 7.29. The standard InChI is InChI=1S/C18H20N2O5/c1-4-8-19-16(12-6-5-7-13(10-12)20(24)25)15(17(22)18(19)23)14(21)9-11(2)3/h4-7,10-11,16,22H,1,8-9H2,2-3H3. The average Bonchev–Trinajstić information content (AvgIpc) is 2.79. The Hall–Kier alpha value is -2.96. The SMILES string of the molecule is C=CCN1C(=O)C(O)=C(C(=O)CC(C)C)C1c1cccc([N+](=O)[O-])c1. The maximum absolute atomic E-state index is 12.6. The maximum Gasteiger partial charge on any atom is 0.290 e. The molecule has 1 aliphatic rings. The lowest BCUT2D eigenvalue weighted by Crippen LogP contribution is -2.31. The van der Waals surface area contributed by atoms with Gasteiger partial charge < -0.3 is 10.0 Å². The number of hydrogen-bond acceptors (Lipinski definition) is 5. The van der Waals surface area contributed by atoms with Crippen LogP contribution in [0.15, 0.2) is 48.3 Å². The number of aliphatic hydroxyl groups excluding tert-OH is 1. The Bertz CT molecular complexity index is 766. The van der Waals surface area contributed by atoms with Crippen molar-refractivity contribution in [2.75, 3.05) is 6.54 Å². The number of non-ortho nitro benzene ring substituents is 1. The summed E-state index contributed by atoms with van der Waals surface area (Å²) >= 11 is 0. The number of ketones is 1. The molecular formula is C18H20N2O5. The number of carbonyl (C=O) groups excluding carboxylic acids is 2. The molecular weight excluding hydrogens is 324 g/mol. The minimum atomic E-state index is -0.864. The molecule has 1 amide bonds. The predicted octanol–water partition coefficient (Wildman–Crippen LogP) is 3.09. The molecule has 0 aliphatic carbocycles. The van der Waals surface area contributed by atoms with Crippen LogP contribution in [0.3, 0.4) is 0 Å². The first-order valence-corrected chi connectivity index (χ1v) is 7.90. The van der Waals surface area contributed by atoms with Gasteiger partial charge in [0.2, 0.25) is 0 Å². The van der Waals surface area contributed by atoms with Crippen LogP contribution in [0.5, 0.6) is 0 Å². The molecule has 0 radical (unpaired) electrons. The molecule has 25 heavy (non-hydrogen) atoms. The Kier molecular flexibility index (Phi) is 5.36. The van der Waals surface area contributed by atoms with Crippen molar-refractivity contribution in [1.82, 2.24) is 4.90 Å². The van der Waals surface area contributed by atoms with Gasteiger partial charge in [-0.25, -0.2) is 0 Å².